The van der Waals surface area contributed by atoms with Crippen molar-refractivity contribution in [3.05, 3.63) is 47.2 Å². The summed E-state index contributed by atoms with van der Waals surface area (Å²) in [5.74, 6) is -0.982. The molecule has 1 aliphatic carbocycles. The second-order valence-electron chi connectivity index (χ2n) is 15.1. The first-order valence-corrected chi connectivity index (χ1v) is 17.8. The number of aromatic nitrogens is 1. The second kappa shape index (κ2) is 13.6. The number of aryl methyl sites for hydroxylation is 2. The lowest BCUT2D eigenvalue weighted by Crippen LogP contribution is -2.57. The molecule has 1 saturated heterocycles. The van der Waals surface area contributed by atoms with Gasteiger partial charge in [-0.15, -0.1) is 0 Å². The molecule has 2 fully saturated rings. The van der Waals surface area contributed by atoms with Crippen molar-refractivity contribution in [2.45, 2.75) is 121 Å². The van der Waals surface area contributed by atoms with Gasteiger partial charge in [0.05, 0.1) is 36.0 Å². The van der Waals surface area contributed by atoms with Gasteiger partial charge in [-0.3, -0.25) is 9.59 Å². The average Bonchev–Trinajstić information content (AvgIpc) is 3.64. The van der Waals surface area contributed by atoms with Crippen molar-refractivity contribution in [1.29, 1.82) is 5.26 Å². The van der Waals surface area contributed by atoms with E-state index < -0.39 is 52.7 Å². The van der Waals surface area contributed by atoms with Crippen LogP contribution in [0.25, 0.3) is 10.9 Å². The van der Waals surface area contributed by atoms with Crippen LogP contribution in [-0.2, 0) is 30.3 Å². The molecule has 3 amide bonds. The Morgan fingerprint density at radius 1 is 1.20 bits per heavy atom. The van der Waals surface area contributed by atoms with Crippen molar-refractivity contribution >= 4 is 34.8 Å². The van der Waals surface area contributed by atoms with E-state index in [1.807, 2.05) is 31.2 Å². The number of nitrogens with one attached hydrogen (secondary N) is 2. The Morgan fingerprint density at radius 2 is 2.00 bits per heavy atom. The summed E-state index contributed by atoms with van der Waals surface area (Å²) in [6.45, 7) is 9.14. The predicted octanol–water partition coefficient (Wildman–Crippen LogP) is 4.93. The summed E-state index contributed by atoms with van der Waals surface area (Å²) < 4.78 is 17.8. The number of benzene rings is 1. The molecule has 3 aliphatic heterocycles. The lowest BCUT2D eigenvalue weighted by atomic mass is 9.87. The molecule has 2 N–H and O–H groups in total. The maximum Gasteiger partial charge on any atom is 0.408 e. The van der Waals surface area contributed by atoms with Crippen LogP contribution < -0.4 is 15.4 Å². The number of hydrogen-bond donors (Lipinski definition) is 2. The zero-order chi connectivity index (χ0) is 35.8. The van der Waals surface area contributed by atoms with E-state index in [-0.39, 0.29) is 25.5 Å². The minimum atomic E-state index is -1.21. The lowest BCUT2D eigenvalue weighted by Gasteiger charge is -2.36. The normalized spacial score (nSPS) is 28.8. The van der Waals surface area contributed by atoms with Crippen LogP contribution in [0.4, 0.5) is 4.79 Å². The average molecular weight is 686 g/mol. The van der Waals surface area contributed by atoms with Crippen LogP contribution in [0.5, 0.6) is 5.75 Å². The predicted molar refractivity (Wildman–Crippen MR) is 184 cm³/mol. The molecule has 266 valence electrons. The summed E-state index contributed by atoms with van der Waals surface area (Å²) in [4.78, 5) is 61.5. The number of allylic oxidation sites excluding steroid dienone is 1. The van der Waals surface area contributed by atoms with Crippen LogP contribution in [0.2, 0.25) is 0 Å². The summed E-state index contributed by atoms with van der Waals surface area (Å²) in [5.41, 5.74) is -0.00756. The van der Waals surface area contributed by atoms with Crippen LogP contribution in [0.3, 0.4) is 0 Å². The summed E-state index contributed by atoms with van der Waals surface area (Å²) in [7, 11) is 0. The van der Waals surface area contributed by atoms with Crippen molar-refractivity contribution in [1.82, 2.24) is 20.5 Å². The molecule has 1 aromatic carbocycles. The van der Waals surface area contributed by atoms with Crippen LogP contribution >= 0.6 is 0 Å². The van der Waals surface area contributed by atoms with E-state index in [0.29, 0.717) is 49.1 Å². The number of carbonyl (C=O) groups is 4. The quantitative estimate of drug-likeness (QED) is 0.337. The van der Waals surface area contributed by atoms with E-state index in [1.54, 1.807) is 33.8 Å². The molecule has 2 aromatic rings. The van der Waals surface area contributed by atoms with Gasteiger partial charge < -0.3 is 29.7 Å². The van der Waals surface area contributed by atoms with Gasteiger partial charge in [-0.2, -0.15) is 5.26 Å². The number of amides is 3. The van der Waals surface area contributed by atoms with Gasteiger partial charge in [0, 0.05) is 23.3 Å². The zero-order valence-corrected chi connectivity index (χ0v) is 29.6. The molecule has 50 heavy (non-hydrogen) atoms. The van der Waals surface area contributed by atoms with E-state index in [9.17, 15) is 24.4 Å². The molecule has 1 saturated carbocycles. The van der Waals surface area contributed by atoms with E-state index in [2.05, 4.69) is 16.7 Å². The topological polar surface area (TPSA) is 160 Å². The second-order valence-corrected chi connectivity index (χ2v) is 15.1. The number of ether oxygens (including phenoxy) is 3. The van der Waals surface area contributed by atoms with Crippen molar-refractivity contribution in [2.24, 2.45) is 5.92 Å². The first-order chi connectivity index (χ1) is 23.8. The molecule has 4 aliphatic rings. The van der Waals surface area contributed by atoms with E-state index in [0.717, 1.165) is 35.7 Å². The molecule has 1 aromatic heterocycles. The Balaban J connectivity index is 1.36. The summed E-state index contributed by atoms with van der Waals surface area (Å²) in [5, 5.41) is 16.2. The highest BCUT2D eigenvalue weighted by molar-refractivity contribution is 5.97. The Kier molecular flexibility index (Phi) is 9.55. The van der Waals surface area contributed by atoms with Gasteiger partial charge in [-0.25, -0.2) is 14.6 Å². The molecular weight excluding hydrogens is 638 g/mol. The number of fused-ring (bicyclic) bond motifs is 5. The fraction of sp³-hybridized carbons (Fsp3) is 0.579. The lowest BCUT2D eigenvalue weighted by molar-refractivity contribution is -0.150. The van der Waals surface area contributed by atoms with Gasteiger partial charge in [-0.1, -0.05) is 25.0 Å². The Morgan fingerprint density at radius 3 is 2.74 bits per heavy atom. The van der Waals surface area contributed by atoms with Gasteiger partial charge in [-0.05, 0) is 91.3 Å². The number of pyridine rings is 1. The molecule has 4 heterocycles. The molecule has 0 unspecified atom stereocenters. The number of esters is 1. The van der Waals surface area contributed by atoms with Crippen LogP contribution in [0.1, 0.15) is 95.9 Å². The number of nitriles is 1. The van der Waals surface area contributed by atoms with E-state index in [4.69, 9.17) is 19.2 Å². The fourth-order valence-electron chi connectivity index (χ4n) is 7.66. The standard InChI is InChI=1S/C38H47N5O7/c1-6-48-34(46)38-19-25(38)12-10-8-7-9-11-13-29(41-35(47)50-36(3,4)5)33(45)43-22-37(20-30(43)32(44)42-38)17-16-26-27-18-24(21-39)14-15-28(27)40-23(2)31(26)49-37/h10,12,14-15,18,25,29-30H,6-9,11,13,16-17,19-20,22H2,1-5H3,(H,41,47)(H,42,44)/b12-10-/t25-,29+,30+,37-,38-/m1/s1. The minimum Gasteiger partial charge on any atom is -0.483 e. The monoisotopic (exact) mass is 685 g/mol. The van der Waals surface area contributed by atoms with E-state index >= 15 is 0 Å². The van der Waals surface area contributed by atoms with Crippen molar-refractivity contribution in [2.75, 3.05) is 13.2 Å². The molecule has 6 rings (SSSR count). The van der Waals surface area contributed by atoms with Crippen molar-refractivity contribution in [3.8, 4) is 11.8 Å². The van der Waals surface area contributed by atoms with E-state index in [1.165, 1.54) is 4.90 Å². The molecule has 12 nitrogen and oxygen atoms in total. The number of carbonyl (C=O) groups excluding carboxylic acids is 4. The largest absolute Gasteiger partial charge is 0.483 e. The maximum absolute atomic E-state index is 14.6. The number of hydrogen-bond acceptors (Lipinski definition) is 9. The molecule has 0 radical (unpaired) electrons. The number of rotatable bonds is 3. The van der Waals surface area contributed by atoms with Crippen LogP contribution in [0.15, 0.2) is 30.4 Å². The highest BCUT2D eigenvalue weighted by Crippen LogP contribution is 2.48. The van der Waals surface area contributed by atoms with Gasteiger partial charge >= 0.3 is 12.1 Å². The smallest absolute Gasteiger partial charge is 0.408 e. The van der Waals surface area contributed by atoms with Gasteiger partial charge in [0.15, 0.2) is 0 Å². The SMILES string of the molecule is CCOC(=O)[C@@]12C[C@H]1/C=C\CCCCC[C@H](NC(=O)OC(C)(C)C)C(=O)N1C[C@@]3(CCc4c(c(C)nc5ccc(C#N)cc45)O3)C[C@H]1C(=O)N2. The zero-order valence-electron chi connectivity index (χ0n) is 29.6. The van der Waals surface area contributed by atoms with Gasteiger partial charge in [0.2, 0.25) is 11.8 Å². The van der Waals surface area contributed by atoms with Crippen molar-refractivity contribution in [3.63, 3.8) is 0 Å². The Bertz CT molecular complexity index is 1780. The molecule has 12 heteroatoms. The van der Waals surface area contributed by atoms with Gasteiger partial charge in [0.25, 0.3) is 0 Å². The van der Waals surface area contributed by atoms with Gasteiger partial charge in [0.1, 0.15) is 34.6 Å². The first kappa shape index (κ1) is 35.2. The van der Waals surface area contributed by atoms with Crippen LogP contribution in [-0.4, -0.2) is 75.7 Å². The molecule has 1 spiro atoms. The Hall–Kier alpha value is -4.66. The summed E-state index contributed by atoms with van der Waals surface area (Å²) >= 11 is 0. The number of nitrogens with zero attached hydrogens (tertiary/aromatic N) is 3. The Labute approximate surface area is 292 Å². The van der Waals surface area contributed by atoms with Crippen LogP contribution in [0, 0.1) is 24.2 Å². The summed E-state index contributed by atoms with van der Waals surface area (Å²) in [6.07, 6.45) is 8.54. The fourth-order valence-corrected chi connectivity index (χ4v) is 7.66. The highest BCUT2D eigenvalue weighted by atomic mass is 16.6. The molecule has 5 atom stereocenters. The first-order valence-electron chi connectivity index (χ1n) is 17.8. The summed E-state index contributed by atoms with van der Waals surface area (Å²) in [6, 6.07) is 5.68. The third kappa shape index (κ3) is 7.00. The maximum atomic E-state index is 14.6. The molecule has 0 bridgehead atoms. The minimum absolute atomic E-state index is 0.0985. The third-order valence-electron chi connectivity index (χ3n) is 10.2. The van der Waals surface area contributed by atoms with Crippen molar-refractivity contribution < 1.29 is 33.4 Å². The molecular formula is C38H47N5O7. The number of alkyl carbamates (subject to hydrolysis) is 1. The third-order valence-corrected chi connectivity index (χ3v) is 10.2. The highest BCUT2D eigenvalue weighted by Gasteiger charge is 2.63.